The first-order valence-corrected chi connectivity index (χ1v) is 9.80. The molecule has 154 valence electrons. The van der Waals surface area contributed by atoms with Crippen molar-refractivity contribution in [3.63, 3.8) is 0 Å². The van der Waals surface area contributed by atoms with Gasteiger partial charge in [0, 0.05) is 43.2 Å². The van der Waals surface area contributed by atoms with Crippen LogP contribution in [0.5, 0.6) is 0 Å². The molecule has 3 heterocycles. The molecule has 1 amide bonds. The molecule has 4 rings (SSSR count). The Kier molecular flexibility index (Phi) is 5.31. The van der Waals surface area contributed by atoms with Crippen LogP contribution in [-0.4, -0.2) is 31.9 Å². The zero-order valence-electron chi connectivity index (χ0n) is 16.6. The fourth-order valence-electron chi connectivity index (χ4n) is 3.90. The minimum Gasteiger partial charge on any atom is -0.368 e. The average Bonchev–Trinajstić information content (AvgIpc) is 2.76. The van der Waals surface area contributed by atoms with Gasteiger partial charge in [0.05, 0.1) is 17.3 Å². The molecule has 1 saturated heterocycles. The first kappa shape index (κ1) is 19.8. The van der Waals surface area contributed by atoms with Crippen molar-refractivity contribution in [3.8, 4) is 11.1 Å². The number of likely N-dealkylation sites (tertiary alicyclic amines) is 1. The van der Waals surface area contributed by atoms with E-state index in [2.05, 4.69) is 9.97 Å². The van der Waals surface area contributed by atoms with Crippen LogP contribution in [0.25, 0.3) is 11.1 Å². The second-order valence-electron chi connectivity index (χ2n) is 7.38. The molecule has 1 aliphatic rings. The number of pyridine rings is 1. The van der Waals surface area contributed by atoms with Gasteiger partial charge in [-0.25, -0.2) is 14.4 Å². The molecule has 3 aromatic rings. The van der Waals surface area contributed by atoms with Gasteiger partial charge < -0.3 is 15.2 Å². The maximum absolute atomic E-state index is 14.5. The monoisotopic (exact) mass is 407 g/mol. The highest BCUT2D eigenvalue weighted by atomic mass is 19.1. The average molecular weight is 407 g/mol. The molecule has 1 aliphatic heterocycles. The van der Waals surface area contributed by atoms with Gasteiger partial charge in [-0.1, -0.05) is 18.2 Å². The third kappa shape index (κ3) is 3.68. The van der Waals surface area contributed by atoms with Gasteiger partial charge in [0.15, 0.2) is 0 Å². The smallest absolute Gasteiger partial charge is 0.255 e. The highest BCUT2D eigenvalue weighted by molar-refractivity contribution is 5.94. The first-order valence-electron chi connectivity index (χ1n) is 9.80. The van der Waals surface area contributed by atoms with Gasteiger partial charge in [-0.05, 0) is 31.4 Å². The van der Waals surface area contributed by atoms with Crippen molar-refractivity contribution in [2.75, 3.05) is 12.3 Å². The van der Waals surface area contributed by atoms with E-state index in [1.54, 1.807) is 30.1 Å². The lowest BCUT2D eigenvalue weighted by atomic mass is 9.93. The lowest BCUT2D eigenvalue weighted by Crippen LogP contribution is -2.39. The van der Waals surface area contributed by atoms with Gasteiger partial charge in [0.2, 0.25) is 11.5 Å². The molecular formula is C22H22FN5O2. The predicted molar refractivity (Wildman–Crippen MR) is 111 cm³/mol. The molecule has 30 heavy (non-hydrogen) atoms. The molecule has 7 nitrogen and oxygen atoms in total. The number of hydrogen-bond acceptors (Lipinski definition) is 5. The van der Waals surface area contributed by atoms with E-state index in [0.717, 1.165) is 12.8 Å². The largest absolute Gasteiger partial charge is 0.368 e. The summed E-state index contributed by atoms with van der Waals surface area (Å²) >= 11 is 0. The van der Waals surface area contributed by atoms with Crippen molar-refractivity contribution in [1.29, 1.82) is 0 Å². The van der Waals surface area contributed by atoms with Crippen LogP contribution in [0, 0.1) is 5.82 Å². The summed E-state index contributed by atoms with van der Waals surface area (Å²) in [7, 11) is 1.61. The number of piperidine rings is 1. The summed E-state index contributed by atoms with van der Waals surface area (Å²) in [6.45, 7) is 0.535. The summed E-state index contributed by atoms with van der Waals surface area (Å²) in [4.78, 5) is 35.2. The van der Waals surface area contributed by atoms with Gasteiger partial charge in [0.25, 0.3) is 5.91 Å². The Morgan fingerprint density at radius 2 is 1.97 bits per heavy atom. The molecule has 0 aliphatic carbocycles. The first-order chi connectivity index (χ1) is 14.5. The molecule has 0 spiro atoms. The maximum Gasteiger partial charge on any atom is 0.255 e. The maximum atomic E-state index is 14.5. The number of nitrogen functional groups attached to an aromatic ring is 1. The Hall–Kier alpha value is -3.55. The number of nitrogens with two attached hydrogens (primary N) is 1. The van der Waals surface area contributed by atoms with Gasteiger partial charge >= 0.3 is 0 Å². The number of halogens is 1. The van der Waals surface area contributed by atoms with Crippen molar-refractivity contribution in [3.05, 3.63) is 76.2 Å². The number of aromatic nitrogens is 3. The Morgan fingerprint density at radius 1 is 1.17 bits per heavy atom. The Morgan fingerprint density at radius 3 is 2.73 bits per heavy atom. The molecular weight excluding hydrogens is 385 g/mol. The minimum absolute atomic E-state index is 0.0742. The van der Waals surface area contributed by atoms with Gasteiger partial charge in [-0.15, -0.1) is 0 Å². The van der Waals surface area contributed by atoms with Crippen LogP contribution in [0.3, 0.4) is 0 Å². The van der Waals surface area contributed by atoms with Gasteiger partial charge in [-0.2, -0.15) is 0 Å². The van der Waals surface area contributed by atoms with Crippen LogP contribution >= 0.6 is 0 Å². The standard InChI is InChI=1S/C22H22FN5O2/c1-27-13-14(9-10-19(27)29)21(30)28-11-5-4-8-18(28)20-16(12-25-22(24)26-20)15-6-2-3-7-17(15)23/h2-3,6-7,9-10,12-13,18H,4-5,8,11H2,1H3,(H2,24,25,26)/t18-/m0/s1. The summed E-state index contributed by atoms with van der Waals surface area (Å²) in [5.41, 5.74) is 7.51. The number of nitrogens with zero attached hydrogens (tertiary/aromatic N) is 4. The third-order valence-electron chi connectivity index (χ3n) is 5.41. The van der Waals surface area contributed by atoms with Crippen molar-refractivity contribution in [2.45, 2.75) is 25.3 Å². The van der Waals surface area contributed by atoms with Crippen LogP contribution in [-0.2, 0) is 7.05 Å². The normalized spacial score (nSPS) is 16.5. The summed E-state index contributed by atoms with van der Waals surface area (Å²) in [5, 5.41) is 0. The molecule has 1 fully saturated rings. The fourth-order valence-corrected chi connectivity index (χ4v) is 3.90. The van der Waals surface area contributed by atoms with Crippen LogP contribution in [0.4, 0.5) is 10.3 Å². The molecule has 0 unspecified atom stereocenters. The predicted octanol–water partition coefficient (Wildman–Crippen LogP) is 2.93. The summed E-state index contributed by atoms with van der Waals surface area (Å²) in [6, 6.07) is 8.93. The van der Waals surface area contributed by atoms with Crippen molar-refractivity contribution >= 4 is 11.9 Å². The zero-order valence-corrected chi connectivity index (χ0v) is 16.6. The SMILES string of the molecule is Cn1cc(C(=O)N2CCCC[C@H]2c2nc(N)ncc2-c2ccccc2F)ccc1=O. The number of anilines is 1. The van der Waals surface area contributed by atoms with E-state index in [1.165, 1.54) is 35.2 Å². The molecule has 0 radical (unpaired) electrons. The molecule has 8 heteroatoms. The zero-order chi connectivity index (χ0) is 21.3. The van der Waals surface area contributed by atoms with E-state index in [-0.39, 0.29) is 29.3 Å². The van der Waals surface area contributed by atoms with Crippen LogP contribution in [0.15, 0.2) is 53.6 Å². The highest BCUT2D eigenvalue weighted by Gasteiger charge is 2.32. The number of rotatable bonds is 3. The molecule has 1 atom stereocenters. The van der Waals surface area contributed by atoms with Crippen molar-refractivity contribution in [1.82, 2.24) is 19.4 Å². The topological polar surface area (TPSA) is 94.1 Å². The van der Waals surface area contributed by atoms with E-state index in [1.807, 2.05) is 0 Å². The van der Waals surface area contributed by atoms with E-state index < -0.39 is 0 Å². The van der Waals surface area contributed by atoms with Crippen LogP contribution in [0.2, 0.25) is 0 Å². The molecule has 0 saturated carbocycles. The van der Waals surface area contributed by atoms with Crippen molar-refractivity contribution in [2.24, 2.45) is 7.05 Å². The van der Waals surface area contributed by atoms with E-state index >= 15 is 0 Å². The van der Waals surface area contributed by atoms with E-state index in [0.29, 0.717) is 35.3 Å². The Balaban J connectivity index is 1.79. The molecule has 2 N–H and O–H groups in total. The van der Waals surface area contributed by atoms with Crippen LogP contribution < -0.4 is 11.3 Å². The second kappa shape index (κ2) is 8.06. The number of hydrogen-bond donors (Lipinski definition) is 1. The number of carbonyl (C=O) groups excluding carboxylic acids is 1. The van der Waals surface area contributed by atoms with Crippen molar-refractivity contribution < 1.29 is 9.18 Å². The molecule has 2 aromatic heterocycles. The lowest BCUT2D eigenvalue weighted by Gasteiger charge is -2.36. The quantitative estimate of drug-likeness (QED) is 0.720. The highest BCUT2D eigenvalue weighted by Crippen LogP contribution is 2.37. The number of amides is 1. The minimum atomic E-state index is -0.390. The fraction of sp³-hybridized carbons (Fsp3) is 0.273. The second-order valence-corrected chi connectivity index (χ2v) is 7.38. The van der Waals surface area contributed by atoms with Gasteiger partial charge in [0.1, 0.15) is 5.82 Å². The number of aryl methyl sites for hydroxylation is 1. The Bertz CT molecular complexity index is 1160. The summed E-state index contributed by atoms with van der Waals surface area (Å²) < 4.78 is 15.9. The number of benzene rings is 1. The van der Waals surface area contributed by atoms with E-state index in [9.17, 15) is 14.0 Å². The third-order valence-corrected chi connectivity index (χ3v) is 5.41. The van der Waals surface area contributed by atoms with Gasteiger partial charge in [-0.3, -0.25) is 9.59 Å². The summed E-state index contributed by atoms with van der Waals surface area (Å²) in [6.07, 6.45) is 5.48. The molecule has 0 bridgehead atoms. The summed E-state index contributed by atoms with van der Waals surface area (Å²) in [5.74, 6) is -0.518. The van der Waals surface area contributed by atoms with E-state index in [4.69, 9.17) is 5.73 Å². The van der Waals surface area contributed by atoms with Crippen LogP contribution in [0.1, 0.15) is 41.4 Å². The lowest BCUT2D eigenvalue weighted by molar-refractivity contribution is 0.0606. The number of carbonyl (C=O) groups is 1. The molecule has 1 aromatic carbocycles. The Labute approximate surface area is 173 Å².